The molecule has 25 heavy (non-hydrogen) atoms. The van der Waals surface area contributed by atoms with Crippen LogP contribution in [-0.2, 0) is 4.74 Å². The molecule has 4 heteroatoms. The average Bonchev–Trinajstić information content (AvgIpc) is 2.61. The van der Waals surface area contributed by atoms with Gasteiger partial charge in [0.15, 0.2) is 0 Å². The van der Waals surface area contributed by atoms with Crippen LogP contribution in [0.15, 0.2) is 36.4 Å². The van der Waals surface area contributed by atoms with Crippen molar-refractivity contribution in [1.82, 2.24) is 4.90 Å². The van der Waals surface area contributed by atoms with Gasteiger partial charge in [0.1, 0.15) is 5.75 Å². The predicted octanol–water partition coefficient (Wildman–Crippen LogP) is 4.21. The molecule has 3 rings (SSSR count). The van der Waals surface area contributed by atoms with E-state index in [1.54, 1.807) is 6.07 Å². The molecule has 0 saturated carbocycles. The van der Waals surface area contributed by atoms with E-state index in [0.29, 0.717) is 31.2 Å². The van der Waals surface area contributed by atoms with Crippen LogP contribution in [0.2, 0.25) is 0 Å². The average molecular weight is 341 g/mol. The molecule has 0 aromatic heterocycles. The molecule has 1 N–H and O–H groups in total. The molecule has 0 spiro atoms. The Morgan fingerprint density at radius 3 is 2.88 bits per heavy atom. The van der Waals surface area contributed by atoms with Crippen LogP contribution in [-0.4, -0.2) is 41.7 Å². The number of nitrogens with zero attached hydrogens (tertiary/aromatic N) is 1. The maximum atomic E-state index is 13.1. The Morgan fingerprint density at radius 2 is 2.08 bits per heavy atom. The zero-order valence-corrected chi connectivity index (χ0v) is 15.1. The van der Waals surface area contributed by atoms with Crippen LogP contribution in [0.5, 0.6) is 5.75 Å². The van der Waals surface area contributed by atoms with Gasteiger partial charge in [-0.2, -0.15) is 0 Å². The number of phenolic OH excluding ortho intramolecular Hbond substituents is 1. The van der Waals surface area contributed by atoms with Crippen molar-refractivity contribution >= 4 is 16.7 Å². The first-order chi connectivity index (χ1) is 12.1. The van der Waals surface area contributed by atoms with Gasteiger partial charge < -0.3 is 14.7 Å². The third-order valence-corrected chi connectivity index (χ3v) is 4.85. The SMILES string of the molecule is CC(C)CCC[C@@H]1CN(C(=O)c2c(O)ccc3ccccc23)CCO1. The lowest BCUT2D eigenvalue weighted by Gasteiger charge is -2.33. The first-order valence-electron chi connectivity index (χ1n) is 9.18. The lowest BCUT2D eigenvalue weighted by molar-refractivity contribution is -0.0260. The number of hydrogen-bond donors (Lipinski definition) is 1. The highest BCUT2D eigenvalue weighted by atomic mass is 16.5. The zero-order valence-electron chi connectivity index (χ0n) is 15.1. The Morgan fingerprint density at radius 1 is 1.28 bits per heavy atom. The lowest BCUT2D eigenvalue weighted by atomic mass is 10.0. The van der Waals surface area contributed by atoms with Crippen LogP contribution in [0.4, 0.5) is 0 Å². The van der Waals surface area contributed by atoms with E-state index < -0.39 is 0 Å². The van der Waals surface area contributed by atoms with Crippen LogP contribution in [0.1, 0.15) is 43.5 Å². The zero-order chi connectivity index (χ0) is 17.8. The van der Waals surface area contributed by atoms with Crippen molar-refractivity contribution in [3.8, 4) is 5.75 Å². The fourth-order valence-electron chi connectivity index (χ4n) is 3.48. The summed E-state index contributed by atoms with van der Waals surface area (Å²) in [6.07, 6.45) is 3.36. The Hall–Kier alpha value is -2.07. The van der Waals surface area contributed by atoms with Gasteiger partial charge in [0.05, 0.1) is 18.3 Å². The summed E-state index contributed by atoms with van der Waals surface area (Å²) in [4.78, 5) is 14.9. The van der Waals surface area contributed by atoms with Crippen LogP contribution >= 0.6 is 0 Å². The van der Waals surface area contributed by atoms with Crippen molar-refractivity contribution < 1.29 is 14.6 Å². The lowest BCUT2D eigenvalue weighted by Crippen LogP contribution is -2.45. The van der Waals surface area contributed by atoms with Crippen molar-refractivity contribution in [2.45, 2.75) is 39.2 Å². The molecular weight excluding hydrogens is 314 g/mol. The fourth-order valence-corrected chi connectivity index (χ4v) is 3.48. The van der Waals surface area contributed by atoms with E-state index in [1.165, 1.54) is 6.42 Å². The maximum absolute atomic E-state index is 13.1. The molecule has 2 aromatic carbocycles. The monoisotopic (exact) mass is 341 g/mol. The molecule has 4 nitrogen and oxygen atoms in total. The summed E-state index contributed by atoms with van der Waals surface area (Å²) in [5.74, 6) is 0.631. The summed E-state index contributed by atoms with van der Waals surface area (Å²) in [5, 5.41) is 12.1. The van der Waals surface area contributed by atoms with E-state index in [4.69, 9.17) is 4.74 Å². The summed E-state index contributed by atoms with van der Waals surface area (Å²) in [5.41, 5.74) is 0.404. The molecule has 1 amide bonds. The van der Waals surface area contributed by atoms with Gasteiger partial charge in [-0.05, 0) is 29.2 Å². The first kappa shape index (κ1) is 17.7. The standard InChI is InChI=1S/C21H27NO3/c1-15(2)6-5-8-17-14-22(12-13-25-17)21(24)20-18-9-4-3-7-16(18)10-11-19(20)23/h3-4,7,9-11,15,17,23H,5-6,8,12-14H2,1-2H3/t17-/m1/s1. The highest BCUT2D eigenvalue weighted by Crippen LogP contribution is 2.29. The number of benzene rings is 2. The molecule has 1 heterocycles. The van der Waals surface area contributed by atoms with E-state index >= 15 is 0 Å². The molecule has 2 aromatic rings. The van der Waals surface area contributed by atoms with Crippen molar-refractivity contribution in [3.05, 3.63) is 42.0 Å². The number of fused-ring (bicyclic) bond motifs is 1. The molecule has 0 bridgehead atoms. The van der Waals surface area contributed by atoms with E-state index in [9.17, 15) is 9.90 Å². The second kappa shape index (κ2) is 7.87. The Bertz CT molecular complexity index is 741. The Kier molecular flexibility index (Phi) is 5.59. The molecule has 1 saturated heterocycles. The topological polar surface area (TPSA) is 49.8 Å². The molecular formula is C21H27NO3. The van der Waals surface area contributed by atoms with Gasteiger partial charge >= 0.3 is 0 Å². The number of rotatable bonds is 5. The van der Waals surface area contributed by atoms with Gasteiger partial charge in [0.2, 0.25) is 0 Å². The second-order valence-electron chi connectivity index (χ2n) is 7.25. The van der Waals surface area contributed by atoms with Crippen molar-refractivity contribution in [2.75, 3.05) is 19.7 Å². The fraction of sp³-hybridized carbons (Fsp3) is 0.476. The van der Waals surface area contributed by atoms with Gasteiger partial charge in [-0.3, -0.25) is 4.79 Å². The van der Waals surface area contributed by atoms with Crippen LogP contribution < -0.4 is 0 Å². The molecule has 0 aliphatic carbocycles. The molecule has 1 aliphatic rings. The minimum absolute atomic E-state index is 0.0477. The van der Waals surface area contributed by atoms with E-state index in [-0.39, 0.29) is 17.8 Å². The first-order valence-corrected chi connectivity index (χ1v) is 9.18. The third-order valence-electron chi connectivity index (χ3n) is 4.85. The van der Waals surface area contributed by atoms with Gasteiger partial charge in [0.25, 0.3) is 5.91 Å². The van der Waals surface area contributed by atoms with Gasteiger partial charge in [0, 0.05) is 13.1 Å². The summed E-state index contributed by atoms with van der Waals surface area (Å²) in [6.45, 7) is 6.17. The normalized spacial score (nSPS) is 18.0. The van der Waals surface area contributed by atoms with Crippen LogP contribution in [0.3, 0.4) is 0 Å². The molecule has 0 radical (unpaired) electrons. The number of phenols is 1. The molecule has 1 atom stereocenters. The number of carbonyl (C=O) groups excluding carboxylic acids is 1. The number of amides is 1. The summed E-state index contributed by atoms with van der Waals surface area (Å²) in [7, 11) is 0. The number of hydrogen-bond acceptors (Lipinski definition) is 3. The van der Waals surface area contributed by atoms with E-state index in [2.05, 4.69) is 13.8 Å². The third kappa shape index (κ3) is 4.13. The minimum atomic E-state index is -0.105. The highest BCUT2D eigenvalue weighted by molar-refractivity contribution is 6.09. The second-order valence-corrected chi connectivity index (χ2v) is 7.25. The van der Waals surface area contributed by atoms with Gasteiger partial charge in [-0.1, -0.05) is 57.0 Å². The van der Waals surface area contributed by atoms with Crippen LogP contribution in [0.25, 0.3) is 10.8 Å². The number of morpholine rings is 1. The summed E-state index contributed by atoms with van der Waals surface area (Å²) in [6, 6.07) is 11.1. The number of ether oxygens (including phenoxy) is 1. The Labute approximate surface area is 149 Å². The largest absolute Gasteiger partial charge is 0.507 e. The summed E-state index contributed by atoms with van der Waals surface area (Å²) < 4.78 is 5.84. The quantitative estimate of drug-likeness (QED) is 0.886. The van der Waals surface area contributed by atoms with Crippen LogP contribution in [0, 0.1) is 5.92 Å². The van der Waals surface area contributed by atoms with E-state index in [1.807, 2.05) is 35.2 Å². The van der Waals surface area contributed by atoms with Crippen molar-refractivity contribution in [2.24, 2.45) is 5.92 Å². The predicted molar refractivity (Wildman–Crippen MR) is 99.9 cm³/mol. The molecule has 1 fully saturated rings. The van der Waals surface area contributed by atoms with Crippen molar-refractivity contribution in [1.29, 1.82) is 0 Å². The van der Waals surface area contributed by atoms with Gasteiger partial charge in [-0.15, -0.1) is 0 Å². The smallest absolute Gasteiger partial charge is 0.258 e. The minimum Gasteiger partial charge on any atom is -0.507 e. The van der Waals surface area contributed by atoms with E-state index in [0.717, 1.165) is 23.6 Å². The highest BCUT2D eigenvalue weighted by Gasteiger charge is 2.27. The summed E-state index contributed by atoms with van der Waals surface area (Å²) >= 11 is 0. The van der Waals surface area contributed by atoms with Crippen molar-refractivity contribution in [3.63, 3.8) is 0 Å². The Balaban J connectivity index is 1.76. The number of aromatic hydroxyl groups is 1. The molecule has 0 unspecified atom stereocenters. The molecule has 134 valence electrons. The van der Waals surface area contributed by atoms with Gasteiger partial charge in [-0.25, -0.2) is 0 Å². The molecule has 1 aliphatic heterocycles. The number of carbonyl (C=O) groups is 1. The maximum Gasteiger partial charge on any atom is 0.258 e.